The van der Waals surface area contributed by atoms with Crippen LogP contribution >= 0.6 is 23.2 Å². The highest BCUT2D eigenvalue weighted by Crippen LogP contribution is 2.29. The van der Waals surface area contributed by atoms with E-state index in [1.54, 1.807) is 12.1 Å². The molecule has 2 aliphatic heterocycles. The van der Waals surface area contributed by atoms with Gasteiger partial charge in [-0.05, 0) is 62.7 Å². The molecule has 0 amide bonds. The van der Waals surface area contributed by atoms with Gasteiger partial charge < -0.3 is 9.80 Å². The smallest absolute Gasteiger partial charge is 0.151 e. The van der Waals surface area contributed by atoms with Gasteiger partial charge in [0.25, 0.3) is 0 Å². The van der Waals surface area contributed by atoms with Crippen molar-refractivity contribution in [1.29, 1.82) is 0 Å². The molecule has 3 heterocycles. The van der Waals surface area contributed by atoms with Crippen LogP contribution in [0.2, 0.25) is 10.0 Å². The second-order valence-corrected chi connectivity index (χ2v) is 8.80. The van der Waals surface area contributed by atoms with Gasteiger partial charge in [-0.3, -0.25) is 4.90 Å². The Labute approximate surface area is 177 Å². The van der Waals surface area contributed by atoms with Crippen LogP contribution in [0.4, 0.5) is 5.82 Å². The lowest BCUT2D eigenvalue weighted by molar-refractivity contribution is 0.147. The van der Waals surface area contributed by atoms with E-state index in [1.807, 2.05) is 18.2 Å². The van der Waals surface area contributed by atoms with E-state index in [2.05, 4.69) is 31.9 Å². The lowest BCUT2D eigenvalue weighted by atomic mass is 9.97. The summed E-state index contributed by atoms with van der Waals surface area (Å²) >= 11 is 12.4. The molecule has 2 fully saturated rings. The van der Waals surface area contributed by atoms with E-state index in [9.17, 15) is 0 Å². The van der Waals surface area contributed by atoms with Gasteiger partial charge in [0.05, 0.1) is 10.7 Å². The maximum atomic E-state index is 6.28. The molecular weight excluding hydrogens is 393 g/mol. The average molecular weight is 420 g/mol. The number of halogens is 2. The first-order valence-corrected chi connectivity index (χ1v) is 10.8. The molecule has 2 aromatic rings. The van der Waals surface area contributed by atoms with E-state index in [0.717, 1.165) is 49.2 Å². The molecule has 2 aliphatic rings. The first kappa shape index (κ1) is 19.9. The van der Waals surface area contributed by atoms with E-state index in [-0.39, 0.29) is 0 Å². The van der Waals surface area contributed by atoms with Crippen molar-refractivity contribution in [1.82, 2.24) is 20.0 Å². The first-order chi connectivity index (χ1) is 13.6. The fourth-order valence-electron chi connectivity index (χ4n) is 4.28. The highest BCUT2D eigenvalue weighted by Gasteiger charge is 2.23. The van der Waals surface area contributed by atoms with Gasteiger partial charge in [-0.15, -0.1) is 10.2 Å². The summed E-state index contributed by atoms with van der Waals surface area (Å²) in [6.07, 6.45) is 2.70. The highest BCUT2D eigenvalue weighted by atomic mass is 35.5. The number of hydrogen-bond acceptors (Lipinski definition) is 5. The van der Waals surface area contributed by atoms with E-state index < -0.39 is 0 Å². The van der Waals surface area contributed by atoms with E-state index in [4.69, 9.17) is 23.2 Å². The quantitative estimate of drug-likeness (QED) is 0.750. The molecular formula is C21H27Cl2N5. The number of anilines is 1. The van der Waals surface area contributed by atoms with Crippen LogP contribution in [0.1, 0.15) is 12.8 Å². The van der Waals surface area contributed by atoms with Gasteiger partial charge in [-0.2, -0.15) is 0 Å². The van der Waals surface area contributed by atoms with Crippen molar-refractivity contribution in [2.45, 2.75) is 12.8 Å². The van der Waals surface area contributed by atoms with Crippen molar-refractivity contribution in [2.75, 3.05) is 57.8 Å². The summed E-state index contributed by atoms with van der Waals surface area (Å²) in [7, 11) is 2.24. The largest absolute Gasteiger partial charge is 0.353 e. The number of aromatic nitrogens is 2. The van der Waals surface area contributed by atoms with Crippen LogP contribution in [0.3, 0.4) is 0 Å². The van der Waals surface area contributed by atoms with Crippen LogP contribution in [0, 0.1) is 5.92 Å². The van der Waals surface area contributed by atoms with Crippen molar-refractivity contribution in [2.24, 2.45) is 5.92 Å². The van der Waals surface area contributed by atoms with E-state index >= 15 is 0 Å². The van der Waals surface area contributed by atoms with Crippen LogP contribution in [0.25, 0.3) is 11.3 Å². The Morgan fingerprint density at radius 2 is 1.82 bits per heavy atom. The van der Waals surface area contributed by atoms with Crippen molar-refractivity contribution < 1.29 is 0 Å². The minimum Gasteiger partial charge on any atom is -0.353 e. The molecule has 0 radical (unpaired) electrons. The molecule has 2 saturated heterocycles. The Kier molecular flexibility index (Phi) is 6.36. The van der Waals surface area contributed by atoms with Crippen LogP contribution in [0.15, 0.2) is 30.3 Å². The number of benzene rings is 1. The molecule has 0 saturated carbocycles. The predicted molar refractivity (Wildman–Crippen MR) is 116 cm³/mol. The summed E-state index contributed by atoms with van der Waals surface area (Å²) in [6, 6.07) is 9.41. The molecule has 7 heteroatoms. The summed E-state index contributed by atoms with van der Waals surface area (Å²) < 4.78 is 0. The van der Waals surface area contributed by atoms with Crippen LogP contribution in [-0.4, -0.2) is 72.9 Å². The van der Waals surface area contributed by atoms with Crippen LogP contribution in [-0.2, 0) is 0 Å². The number of likely N-dealkylation sites (tertiary alicyclic amines) is 1. The lowest BCUT2D eigenvalue weighted by Gasteiger charge is -2.38. The van der Waals surface area contributed by atoms with Gasteiger partial charge in [0, 0.05) is 49.9 Å². The fourth-order valence-corrected chi connectivity index (χ4v) is 4.66. The molecule has 1 aromatic carbocycles. The van der Waals surface area contributed by atoms with E-state index in [1.165, 1.54) is 32.5 Å². The monoisotopic (exact) mass is 419 g/mol. The third-order valence-corrected chi connectivity index (χ3v) is 6.35. The first-order valence-electron chi connectivity index (χ1n) is 10.0. The standard InChI is InChI=1S/C21H27Cl2N5/c1-26-8-2-3-16(14-26)15-27-9-11-28(12-10-27)21-7-6-20(24-25-21)18-13-17(22)4-5-19(18)23/h4-7,13,16H,2-3,8-12,14-15H2,1H3. The molecule has 0 spiro atoms. The summed E-state index contributed by atoms with van der Waals surface area (Å²) in [5, 5.41) is 10.1. The number of rotatable bonds is 4. The van der Waals surface area contributed by atoms with Gasteiger partial charge >= 0.3 is 0 Å². The summed E-state index contributed by atoms with van der Waals surface area (Å²) in [6.45, 7) is 7.87. The Morgan fingerprint density at radius 1 is 1.00 bits per heavy atom. The SMILES string of the molecule is CN1CCCC(CN2CCN(c3ccc(-c4cc(Cl)ccc4Cl)nn3)CC2)C1. The van der Waals surface area contributed by atoms with Crippen molar-refractivity contribution in [3.05, 3.63) is 40.4 Å². The Hall–Kier alpha value is -1.40. The fraction of sp³-hybridized carbons (Fsp3) is 0.524. The minimum atomic E-state index is 0.633. The van der Waals surface area contributed by atoms with Crippen molar-refractivity contribution in [3.63, 3.8) is 0 Å². The summed E-state index contributed by atoms with van der Waals surface area (Å²) in [5.41, 5.74) is 1.56. The Bertz CT molecular complexity index is 790. The molecule has 1 unspecified atom stereocenters. The molecule has 1 atom stereocenters. The topological polar surface area (TPSA) is 35.5 Å². The van der Waals surface area contributed by atoms with Gasteiger partial charge in [0.1, 0.15) is 0 Å². The zero-order valence-corrected chi connectivity index (χ0v) is 17.8. The number of hydrogen-bond donors (Lipinski definition) is 0. The molecule has 0 aliphatic carbocycles. The number of nitrogens with zero attached hydrogens (tertiary/aromatic N) is 5. The molecule has 0 bridgehead atoms. The van der Waals surface area contributed by atoms with Gasteiger partial charge in [0.2, 0.25) is 0 Å². The summed E-state index contributed by atoms with van der Waals surface area (Å²) in [5.74, 6) is 1.74. The molecule has 4 rings (SSSR count). The van der Waals surface area contributed by atoms with Crippen molar-refractivity contribution in [3.8, 4) is 11.3 Å². The Balaban J connectivity index is 1.34. The van der Waals surface area contributed by atoms with Gasteiger partial charge in [-0.25, -0.2) is 0 Å². The van der Waals surface area contributed by atoms with Crippen LogP contribution in [0.5, 0.6) is 0 Å². The van der Waals surface area contributed by atoms with Gasteiger partial charge in [-0.1, -0.05) is 23.2 Å². The predicted octanol–water partition coefficient (Wildman–Crippen LogP) is 3.91. The normalized spacial score (nSPS) is 21.8. The van der Waals surface area contributed by atoms with Crippen LogP contribution < -0.4 is 4.90 Å². The molecule has 28 heavy (non-hydrogen) atoms. The van der Waals surface area contributed by atoms with Crippen molar-refractivity contribution >= 4 is 29.0 Å². The zero-order chi connectivity index (χ0) is 19.5. The van der Waals surface area contributed by atoms with Gasteiger partial charge in [0.15, 0.2) is 5.82 Å². The Morgan fingerprint density at radius 3 is 2.54 bits per heavy atom. The summed E-state index contributed by atoms with van der Waals surface area (Å²) in [4.78, 5) is 7.39. The molecule has 0 N–H and O–H groups in total. The second-order valence-electron chi connectivity index (χ2n) is 7.96. The number of piperazine rings is 1. The maximum Gasteiger partial charge on any atom is 0.151 e. The molecule has 5 nitrogen and oxygen atoms in total. The average Bonchev–Trinajstić information content (AvgIpc) is 2.71. The number of piperidine rings is 1. The second kappa shape index (κ2) is 8.95. The molecule has 150 valence electrons. The zero-order valence-electron chi connectivity index (χ0n) is 16.3. The maximum absolute atomic E-state index is 6.28. The lowest BCUT2D eigenvalue weighted by Crippen LogP contribution is -2.49. The van der Waals surface area contributed by atoms with E-state index in [0.29, 0.717) is 10.0 Å². The molecule has 1 aromatic heterocycles. The third-order valence-electron chi connectivity index (χ3n) is 5.79. The highest BCUT2D eigenvalue weighted by molar-refractivity contribution is 6.35. The minimum absolute atomic E-state index is 0.633. The third kappa shape index (κ3) is 4.77.